The van der Waals surface area contributed by atoms with Gasteiger partial charge in [-0.3, -0.25) is 0 Å². The molecule has 3 aromatic carbocycles. The highest BCUT2D eigenvalue weighted by Gasteiger charge is 2.41. The van der Waals surface area contributed by atoms with Gasteiger partial charge in [0.1, 0.15) is 24.1 Å². The van der Waals surface area contributed by atoms with E-state index < -0.39 is 17.6 Å². The number of rotatable bonds is 11. The maximum atomic E-state index is 15.6. The molecule has 45 heavy (non-hydrogen) atoms. The van der Waals surface area contributed by atoms with E-state index in [0.29, 0.717) is 45.8 Å². The summed E-state index contributed by atoms with van der Waals surface area (Å²) in [5.41, 5.74) is 3.72. The topological polar surface area (TPSA) is 90.8 Å². The molecule has 228 valence electrons. The number of fused-ring (bicyclic) bond motifs is 1. The molecule has 1 N–H and O–H groups in total. The van der Waals surface area contributed by atoms with Gasteiger partial charge in [0.2, 0.25) is 5.88 Å². The fraction of sp³-hybridized carbons (Fsp3) is 0.257. The number of aryl methyl sites for hydroxylation is 1. The zero-order chi connectivity index (χ0) is 31.6. The van der Waals surface area contributed by atoms with Crippen LogP contribution in [0.25, 0.3) is 27.1 Å². The van der Waals surface area contributed by atoms with Crippen LogP contribution in [0, 0.1) is 23.6 Å². The van der Waals surface area contributed by atoms with E-state index in [-0.39, 0.29) is 36.6 Å². The van der Waals surface area contributed by atoms with Gasteiger partial charge in [0.15, 0.2) is 5.69 Å². The zero-order valence-electron chi connectivity index (χ0n) is 24.6. The molecule has 1 aliphatic carbocycles. The van der Waals surface area contributed by atoms with E-state index in [1.807, 2.05) is 4.57 Å². The van der Waals surface area contributed by atoms with Crippen LogP contribution in [0.2, 0.25) is 0 Å². The van der Waals surface area contributed by atoms with Crippen molar-refractivity contribution in [3.8, 4) is 17.1 Å². The number of imidazole rings is 1. The molecule has 2 aromatic heterocycles. The number of hydrogen-bond acceptors (Lipinski definition) is 6. The van der Waals surface area contributed by atoms with Crippen molar-refractivity contribution in [2.45, 2.75) is 38.8 Å². The van der Waals surface area contributed by atoms with E-state index in [2.05, 4.69) is 9.83 Å². The van der Waals surface area contributed by atoms with Crippen LogP contribution >= 0.6 is 0 Å². The number of benzene rings is 3. The second-order valence-corrected chi connectivity index (χ2v) is 11.3. The average Bonchev–Trinajstić information content (AvgIpc) is 3.77. The van der Waals surface area contributed by atoms with Gasteiger partial charge in [-0.2, -0.15) is 0 Å². The van der Waals surface area contributed by atoms with Gasteiger partial charge in [-0.1, -0.05) is 30.3 Å². The van der Waals surface area contributed by atoms with Gasteiger partial charge in [0.05, 0.1) is 36.0 Å². The summed E-state index contributed by atoms with van der Waals surface area (Å²) in [7, 11) is 1.33. The fourth-order valence-corrected chi connectivity index (χ4v) is 5.37. The van der Waals surface area contributed by atoms with Gasteiger partial charge in [-0.05, 0) is 66.6 Å². The first kappa shape index (κ1) is 29.9. The number of aliphatic hydroxyl groups is 1. The number of esters is 1. The Morgan fingerprint density at radius 3 is 2.53 bits per heavy atom. The third-order valence-electron chi connectivity index (χ3n) is 8.37. The maximum absolute atomic E-state index is 15.6. The first-order chi connectivity index (χ1) is 21.8. The van der Waals surface area contributed by atoms with E-state index in [1.165, 1.54) is 25.3 Å². The Balaban J connectivity index is 1.23. The molecule has 0 saturated heterocycles. The first-order valence-electron chi connectivity index (χ1n) is 14.5. The number of aromatic nitrogens is 3. The van der Waals surface area contributed by atoms with Crippen LogP contribution in [0.1, 0.15) is 46.6 Å². The Morgan fingerprint density at radius 1 is 1.02 bits per heavy atom. The van der Waals surface area contributed by atoms with Crippen LogP contribution in [0.5, 0.6) is 5.88 Å². The van der Waals surface area contributed by atoms with Gasteiger partial charge in [0.25, 0.3) is 0 Å². The monoisotopic (exact) mass is 608 g/mol. The smallest absolute Gasteiger partial charge is 0.337 e. The molecular weight excluding hydrogens is 578 g/mol. The Morgan fingerprint density at radius 2 is 1.82 bits per heavy atom. The molecule has 0 radical (unpaired) electrons. The van der Waals surface area contributed by atoms with Crippen molar-refractivity contribution >= 4 is 22.7 Å². The third-order valence-corrected chi connectivity index (χ3v) is 8.37. The third kappa shape index (κ3) is 6.40. The fourth-order valence-electron chi connectivity index (χ4n) is 5.37. The number of carbonyl (C=O) groups is 1. The molecule has 1 fully saturated rings. The summed E-state index contributed by atoms with van der Waals surface area (Å²) >= 11 is 0. The Hall–Kier alpha value is -5.14. The van der Waals surface area contributed by atoms with Gasteiger partial charge >= 0.3 is 5.97 Å². The highest BCUT2D eigenvalue weighted by molar-refractivity contribution is 5.93. The molecule has 0 amide bonds. The number of hydrogen-bond donors (Lipinski definition) is 1. The number of carbonyl (C=O) groups excluding carboxylic acids is 1. The van der Waals surface area contributed by atoms with Crippen LogP contribution in [-0.2, 0) is 24.3 Å². The molecule has 0 atom stereocenters. The molecule has 1 saturated carbocycles. The predicted octanol–water partition coefficient (Wildman–Crippen LogP) is 7.05. The number of halogens is 2. The van der Waals surface area contributed by atoms with Crippen LogP contribution in [0.4, 0.5) is 14.5 Å². The van der Waals surface area contributed by atoms with Crippen molar-refractivity contribution < 1.29 is 28.2 Å². The van der Waals surface area contributed by atoms with E-state index in [4.69, 9.17) is 21.0 Å². The summed E-state index contributed by atoms with van der Waals surface area (Å²) < 4.78 is 42.5. The number of aliphatic hydroxyl groups excluding tert-OH is 1. The average molecular weight is 609 g/mol. The summed E-state index contributed by atoms with van der Waals surface area (Å²) in [5, 5.41) is 9.86. The number of ether oxygens (including phenoxy) is 2. The van der Waals surface area contributed by atoms with Gasteiger partial charge in [-0.25, -0.2) is 28.4 Å². The van der Waals surface area contributed by atoms with E-state index >= 15 is 4.39 Å². The van der Waals surface area contributed by atoms with Gasteiger partial charge in [-0.15, -0.1) is 0 Å². The summed E-state index contributed by atoms with van der Waals surface area (Å²) in [6.07, 6.45) is 2.88. The predicted molar refractivity (Wildman–Crippen MR) is 164 cm³/mol. The highest BCUT2D eigenvalue weighted by Crippen LogP contribution is 2.48. The molecular formula is C35H30F2N4O4. The number of methoxy groups -OCH3 is 1. The number of nitrogens with zero attached hydrogens (tertiary/aromatic N) is 4. The second-order valence-electron chi connectivity index (χ2n) is 11.3. The van der Waals surface area contributed by atoms with Gasteiger partial charge < -0.3 is 19.1 Å². The second kappa shape index (κ2) is 12.5. The molecule has 0 bridgehead atoms. The van der Waals surface area contributed by atoms with Crippen molar-refractivity contribution in [2.24, 2.45) is 5.41 Å². The molecule has 0 spiro atoms. The van der Waals surface area contributed by atoms with Crippen molar-refractivity contribution in [3.05, 3.63) is 118 Å². The molecule has 1 aliphatic rings. The summed E-state index contributed by atoms with van der Waals surface area (Å²) in [6.45, 7) is 7.62. The normalized spacial score (nSPS) is 13.4. The SMILES string of the molecule is [C-]#[N+]c1ccc(COc2cccc(-c3ccc(Cc4nc5ccc(C(=O)OC)cc5n4CCC4(CO)CC4)c(F)c3)n2)c(F)c1. The van der Waals surface area contributed by atoms with Crippen molar-refractivity contribution in [3.63, 3.8) is 0 Å². The van der Waals surface area contributed by atoms with Crippen molar-refractivity contribution in [2.75, 3.05) is 13.7 Å². The highest BCUT2D eigenvalue weighted by atomic mass is 19.1. The standard InChI is InChI=1S/C35H30F2N4O4/c1-38-26-10-8-25(28(37)19-26)20-45-33-5-3-4-29(40-33)23-7-6-22(27(36)16-23)18-32-39-30-11-9-24(34(43)44-2)17-31(30)41(32)15-14-35(21-42)12-13-35/h3-11,16-17,19,42H,12-15,18,20-21H2,2H3. The summed E-state index contributed by atoms with van der Waals surface area (Å²) in [5.74, 6) is -0.507. The van der Waals surface area contributed by atoms with Crippen molar-refractivity contribution in [1.29, 1.82) is 0 Å². The van der Waals surface area contributed by atoms with Crippen LogP contribution in [0.15, 0.2) is 72.8 Å². The molecule has 2 heterocycles. The Bertz CT molecular complexity index is 1940. The quantitative estimate of drug-likeness (QED) is 0.128. The van der Waals surface area contributed by atoms with Gasteiger partial charge in [0, 0.05) is 36.8 Å². The largest absolute Gasteiger partial charge is 0.473 e. The number of pyridine rings is 1. The molecule has 0 unspecified atom stereocenters. The van der Waals surface area contributed by atoms with Crippen LogP contribution < -0.4 is 4.74 Å². The van der Waals surface area contributed by atoms with Crippen LogP contribution in [-0.4, -0.2) is 39.3 Å². The minimum absolute atomic E-state index is 0.0740. The lowest BCUT2D eigenvalue weighted by molar-refractivity contribution is 0.0601. The van der Waals surface area contributed by atoms with E-state index in [0.717, 1.165) is 30.8 Å². The summed E-state index contributed by atoms with van der Waals surface area (Å²) in [6, 6.07) is 19.3. The minimum atomic E-state index is -0.532. The maximum Gasteiger partial charge on any atom is 0.337 e. The summed E-state index contributed by atoms with van der Waals surface area (Å²) in [4.78, 5) is 24.7. The molecule has 0 aliphatic heterocycles. The first-order valence-corrected chi connectivity index (χ1v) is 14.5. The van der Waals surface area contributed by atoms with Crippen molar-refractivity contribution in [1.82, 2.24) is 14.5 Å². The molecule has 5 aromatic rings. The molecule has 6 rings (SSSR count). The van der Waals surface area contributed by atoms with Crippen LogP contribution in [0.3, 0.4) is 0 Å². The molecule has 10 heteroatoms. The minimum Gasteiger partial charge on any atom is -0.473 e. The lowest BCUT2D eigenvalue weighted by Crippen LogP contribution is -2.13. The zero-order valence-corrected chi connectivity index (χ0v) is 24.6. The Kier molecular flexibility index (Phi) is 8.28. The Labute approximate surface area is 258 Å². The molecule has 8 nitrogen and oxygen atoms in total. The lowest BCUT2D eigenvalue weighted by Gasteiger charge is -2.15. The lowest BCUT2D eigenvalue weighted by atomic mass is 10.0. The van der Waals surface area contributed by atoms with E-state index in [9.17, 15) is 14.3 Å². The van der Waals surface area contributed by atoms with E-state index in [1.54, 1.807) is 48.5 Å².